The number of rotatable bonds is 5. The van der Waals surface area contributed by atoms with Gasteiger partial charge in [0.15, 0.2) is 0 Å². The summed E-state index contributed by atoms with van der Waals surface area (Å²) in [6.07, 6.45) is 0.384. The van der Waals surface area contributed by atoms with Gasteiger partial charge in [0.2, 0.25) is 0 Å². The summed E-state index contributed by atoms with van der Waals surface area (Å²) in [5.41, 5.74) is 7.28. The number of pyridine rings is 1. The highest BCUT2D eigenvalue weighted by molar-refractivity contribution is 6.04. The fourth-order valence-electron chi connectivity index (χ4n) is 5.27. The van der Waals surface area contributed by atoms with E-state index in [4.69, 9.17) is 10.7 Å². The second-order valence-corrected chi connectivity index (χ2v) is 9.80. The zero-order valence-electron chi connectivity index (χ0n) is 21.5. The highest BCUT2D eigenvalue weighted by Gasteiger charge is 2.42. The van der Waals surface area contributed by atoms with E-state index in [0.29, 0.717) is 42.2 Å². The third kappa shape index (κ3) is 4.95. The average molecular weight is 555 g/mol. The summed E-state index contributed by atoms with van der Waals surface area (Å²) < 4.78 is 40.8. The Kier molecular flexibility index (Phi) is 6.92. The van der Waals surface area contributed by atoms with Gasteiger partial charge in [-0.2, -0.15) is 18.0 Å². The lowest BCUT2D eigenvalue weighted by Gasteiger charge is -2.38. The molecule has 5 rings (SSSR count). The molecular formula is C27H27F3N7O3+. The number of carbonyl (C=O) groups is 2. The van der Waals surface area contributed by atoms with E-state index in [9.17, 15) is 27.9 Å². The van der Waals surface area contributed by atoms with Crippen molar-refractivity contribution < 1.29 is 32.3 Å². The average Bonchev–Trinajstić information content (AvgIpc) is 3.34. The van der Waals surface area contributed by atoms with Crippen LogP contribution in [0.25, 0.3) is 16.8 Å². The van der Waals surface area contributed by atoms with Crippen LogP contribution in [0, 0.1) is 0 Å². The number of nitrogens with one attached hydrogen (secondary N) is 1. The maximum atomic E-state index is 13.0. The number of quaternary nitrogens is 1. The van der Waals surface area contributed by atoms with Crippen molar-refractivity contribution in [1.29, 1.82) is 0 Å². The Morgan fingerprint density at radius 3 is 2.60 bits per heavy atom. The number of imidazole rings is 1. The topological polar surface area (TPSA) is 135 Å². The van der Waals surface area contributed by atoms with Gasteiger partial charge < -0.3 is 16.2 Å². The van der Waals surface area contributed by atoms with Gasteiger partial charge in [-0.1, -0.05) is 12.1 Å². The van der Waals surface area contributed by atoms with Gasteiger partial charge in [0.25, 0.3) is 5.91 Å². The minimum absolute atomic E-state index is 0.0416. The van der Waals surface area contributed by atoms with Gasteiger partial charge in [0.05, 0.1) is 31.1 Å². The molecule has 2 atom stereocenters. The van der Waals surface area contributed by atoms with Crippen LogP contribution in [0.15, 0.2) is 55.0 Å². The lowest BCUT2D eigenvalue weighted by atomic mass is 9.95. The number of aromatic nitrogens is 4. The molecule has 4 heterocycles. The van der Waals surface area contributed by atoms with E-state index < -0.39 is 23.7 Å². The van der Waals surface area contributed by atoms with Crippen LogP contribution in [-0.2, 0) is 6.18 Å². The second-order valence-electron chi connectivity index (χ2n) is 9.80. The van der Waals surface area contributed by atoms with Gasteiger partial charge in [-0.25, -0.2) is 19.4 Å². The standard InChI is InChI=1S/C27H26F3N7O3/c1-2-37(26(39)40)13-3-4-18(15-37)24-35-21(22-23(31)33-11-12-36(22)24)16-5-7-17(8-6-16)25(38)34-20-14-19(9-10-32-20)27(28,29)30/h5-12,14,18H,2-4,13,15H2,1H3,(H3-,31,32,33,34,38,39,40)/p+1. The maximum absolute atomic E-state index is 13.0. The van der Waals surface area contributed by atoms with Crippen molar-refractivity contribution in [1.82, 2.24) is 19.4 Å². The molecule has 0 radical (unpaired) electrons. The smallest absolute Gasteiger partial charge is 0.435 e. The highest BCUT2D eigenvalue weighted by atomic mass is 19.4. The summed E-state index contributed by atoms with van der Waals surface area (Å²) in [6.45, 7) is 3.29. The molecule has 10 nitrogen and oxygen atoms in total. The quantitative estimate of drug-likeness (QED) is 0.294. The minimum atomic E-state index is -4.56. The van der Waals surface area contributed by atoms with Crippen LogP contribution in [0.4, 0.5) is 29.6 Å². The molecule has 4 N–H and O–H groups in total. The molecule has 3 aromatic heterocycles. The number of anilines is 2. The van der Waals surface area contributed by atoms with Gasteiger partial charge in [0, 0.05) is 29.7 Å². The van der Waals surface area contributed by atoms with E-state index in [1.807, 2.05) is 11.3 Å². The van der Waals surface area contributed by atoms with Crippen LogP contribution < -0.4 is 11.1 Å². The summed E-state index contributed by atoms with van der Waals surface area (Å²) in [4.78, 5) is 37.7. The number of nitrogens with zero attached hydrogens (tertiary/aromatic N) is 5. The number of halogens is 3. The summed E-state index contributed by atoms with van der Waals surface area (Å²) in [5, 5.41) is 12.3. The summed E-state index contributed by atoms with van der Waals surface area (Å²) in [6, 6.07) is 7.97. The number of nitrogens with two attached hydrogens (primary N) is 1. The Morgan fingerprint density at radius 1 is 1.18 bits per heavy atom. The highest BCUT2D eigenvalue weighted by Crippen LogP contribution is 2.36. The van der Waals surface area contributed by atoms with Crippen molar-refractivity contribution in [3.63, 3.8) is 0 Å². The number of piperidine rings is 1. The maximum Gasteiger partial charge on any atom is 0.513 e. The molecule has 0 spiro atoms. The number of hydrogen-bond acceptors (Lipinski definition) is 6. The molecule has 0 saturated carbocycles. The molecular weight excluding hydrogens is 527 g/mol. The first kappa shape index (κ1) is 27.1. The molecule has 13 heteroatoms. The van der Waals surface area contributed by atoms with Crippen molar-refractivity contribution in [2.75, 3.05) is 30.7 Å². The molecule has 1 aliphatic heterocycles. The number of likely N-dealkylation sites (tertiary alicyclic amines) is 1. The molecule has 2 amide bonds. The van der Waals surface area contributed by atoms with E-state index in [0.717, 1.165) is 31.2 Å². The Morgan fingerprint density at radius 2 is 1.93 bits per heavy atom. The lowest BCUT2D eigenvalue weighted by molar-refractivity contribution is -0.862. The molecule has 1 aliphatic rings. The van der Waals surface area contributed by atoms with E-state index in [1.54, 1.807) is 24.5 Å². The Hall–Kier alpha value is -4.52. The van der Waals surface area contributed by atoms with Crippen molar-refractivity contribution in [3.8, 4) is 11.3 Å². The van der Waals surface area contributed by atoms with Gasteiger partial charge in [-0.15, -0.1) is 0 Å². The second kappa shape index (κ2) is 10.2. The number of amides is 2. The SMILES string of the molecule is CC[N+]1(C(=O)O)CCCC(c2nc(-c3ccc(C(=O)Nc4cc(C(F)(F)F)ccn4)cc3)c3c(N)nccn23)C1. The molecule has 1 fully saturated rings. The van der Waals surface area contributed by atoms with Crippen LogP contribution in [-0.4, -0.2) is 60.6 Å². The Balaban J connectivity index is 1.45. The van der Waals surface area contributed by atoms with Crippen molar-refractivity contribution in [3.05, 3.63) is 71.9 Å². The summed E-state index contributed by atoms with van der Waals surface area (Å²) in [7, 11) is 0. The van der Waals surface area contributed by atoms with Crippen LogP contribution in [0.5, 0.6) is 0 Å². The largest absolute Gasteiger partial charge is 0.513 e. The third-order valence-electron chi connectivity index (χ3n) is 7.44. The molecule has 208 valence electrons. The van der Waals surface area contributed by atoms with Gasteiger partial charge in [0.1, 0.15) is 28.7 Å². The number of carboxylic acid groups (broad SMARTS) is 1. The van der Waals surface area contributed by atoms with Gasteiger partial charge >= 0.3 is 12.3 Å². The number of nitrogen functional groups attached to an aromatic ring is 1. The normalized spacial score (nSPS) is 19.4. The number of likely N-dealkylation sites (N-methyl/N-ethyl adjacent to an activating group) is 1. The lowest BCUT2D eigenvalue weighted by Crippen LogP contribution is -2.57. The van der Waals surface area contributed by atoms with Crippen molar-refractivity contribution in [2.45, 2.75) is 31.9 Å². The molecule has 4 aromatic rings. The van der Waals surface area contributed by atoms with Crippen LogP contribution in [0.3, 0.4) is 0 Å². The Bertz CT molecular complexity index is 1590. The Labute approximate surface area is 226 Å². The van der Waals surface area contributed by atoms with Crippen LogP contribution in [0.2, 0.25) is 0 Å². The van der Waals surface area contributed by atoms with E-state index >= 15 is 0 Å². The predicted octanol–water partition coefficient (Wildman–Crippen LogP) is 5.04. The molecule has 1 saturated heterocycles. The fraction of sp³-hybridized carbons (Fsp3) is 0.296. The number of hydrogen-bond donors (Lipinski definition) is 3. The van der Waals surface area contributed by atoms with Crippen molar-refractivity contribution >= 4 is 29.2 Å². The van der Waals surface area contributed by atoms with Crippen LogP contribution in [0.1, 0.15) is 47.4 Å². The number of alkyl halides is 3. The summed E-state index contributed by atoms with van der Waals surface area (Å²) >= 11 is 0. The third-order valence-corrected chi connectivity index (χ3v) is 7.44. The first-order chi connectivity index (χ1) is 19.0. The molecule has 0 bridgehead atoms. The first-order valence-electron chi connectivity index (χ1n) is 12.7. The van der Waals surface area contributed by atoms with E-state index in [1.165, 1.54) is 12.1 Å². The predicted molar refractivity (Wildman–Crippen MR) is 141 cm³/mol. The van der Waals surface area contributed by atoms with Crippen LogP contribution >= 0.6 is 0 Å². The number of fused-ring (bicyclic) bond motifs is 1. The first-order valence-corrected chi connectivity index (χ1v) is 12.7. The van der Waals surface area contributed by atoms with E-state index in [2.05, 4.69) is 15.3 Å². The molecule has 40 heavy (non-hydrogen) atoms. The fourth-order valence-corrected chi connectivity index (χ4v) is 5.27. The van der Waals surface area contributed by atoms with Gasteiger partial charge in [-0.05, 0) is 44.0 Å². The zero-order chi connectivity index (χ0) is 28.7. The summed E-state index contributed by atoms with van der Waals surface area (Å²) in [5.74, 6) is -0.0346. The zero-order valence-corrected chi connectivity index (χ0v) is 21.5. The number of carbonyl (C=O) groups excluding carboxylic acids is 1. The van der Waals surface area contributed by atoms with E-state index in [-0.39, 0.29) is 27.6 Å². The molecule has 0 aliphatic carbocycles. The molecule has 2 unspecified atom stereocenters. The molecule has 1 aromatic carbocycles. The van der Waals surface area contributed by atoms with Crippen molar-refractivity contribution in [2.24, 2.45) is 0 Å². The van der Waals surface area contributed by atoms with Gasteiger partial charge in [-0.3, -0.25) is 9.20 Å². The number of benzene rings is 1. The minimum Gasteiger partial charge on any atom is -0.435 e. The monoisotopic (exact) mass is 554 g/mol.